The Morgan fingerprint density at radius 1 is 0.902 bits per heavy atom. The van der Waals surface area contributed by atoms with E-state index < -0.39 is 24.9 Å². The lowest BCUT2D eigenvalue weighted by molar-refractivity contribution is 0.0494. The maximum absolute atomic E-state index is 11.8. The van der Waals surface area contributed by atoms with Gasteiger partial charge in [-0.05, 0) is 45.0 Å². The van der Waals surface area contributed by atoms with Crippen molar-refractivity contribution in [3.63, 3.8) is 0 Å². The third kappa shape index (κ3) is 7.49. The molecule has 2 aromatic carbocycles. The minimum atomic E-state index is -0.552. The van der Waals surface area contributed by atoms with E-state index in [1.807, 2.05) is 39.0 Å². The zero-order valence-electron chi connectivity index (χ0n) is 22.8. The summed E-state index contributed by atoms with van der Waals surface area (Å²) in [5, 5.41) is 3.93. The maximum atomic E-state index is 11.8. The largest absolute Gasteiger partial charge is 0.498 e. The first-order valence-electron chi connectivity index (χ1n) is 12.8. The summed E-state index contributed by atoms with van der Waals surface area (Å²) in [6.07, 6.45) is -1.10. The van der Waals surface area contributed by atoms with Crippen molar-refractivity contribution in [1.82, 2.24) is 5.32 Å². The van der Waals surface area contributed by atoms with Gasteiger partial charge in [-0.3, -0.25) is 0 Å². The molecule has 0 fully saturated rings. The van der Waals surface area contributed by atoms with E-state index in [0.29, 0.717) is 48.8 Å². The lowest BCUT2D eigenvalue weighted by atomic mass is 9.78. The molecule has 10 nitrogen and oxygen atoms in total. The number of rotatable bonds is 3. The van der Waals surface area contributed by atoms with E-state index in [1.165, 1.54) is 0 Å². The average molecular weight is 652 g/mol. The highest BCUT2D eigenvalue weighted by atomic mass is 35.5. The highest BCUT2D eigenvalue weighted by Gasteiger charge is 2.44. The molecule has 0 saturated carbocycles. The Hall–Kier alpha value is -1.60. The van der Waals surface area contributed by atoms with Crippen LogP contribution in [-0.4, -0.2) is 65.4 Å². The van der Waals surface area contributed by atoms with Crippen LogP contribution in [0.15, 0.2) is 24.3 Å². The van der Waals surface area contributed by atoms with Crippen LogP contribution in [0.1, 0.15) is 44.1 Å². The van der Waals surface area contributed by atoms with Crippen molar-refractivity contribution in [1.29, 1.82) is 0 Å². The zero-order valence-corrected chi connectivity index (χ0v) is 25.9. The highest BCUT2D eigenvalue weighted by molar-refractivity contribution is 6.65. The Kier molecular flexibility index (Phi) is 11.8. The third-order valence-corrected chi connectivity index (χ3v) is 7.00. The second-order valence-corrected chi connectivity index (χ2v) is 11.0. The molecule has 6 rings (SSSR count). The Balaban J connectivity index is 0.000000227. The molecular weight excluding hydrogens is 620 g/mol. The molecule has 0 aliphatic carbocycles. The average Bonchev–Trinajstić information content (AvgIpc) is 3.29. The van der Waals surface area contributed by atoms with Gasteiger partial charge in [0.15, 0.2) is 0 Å². The number of alkyl carbamates (subject to hydrolysis) is 1. The van der Waals surface area contributed by atoms with Crippen LogP contribution in [0.3, 0.4) is 0 Å². The first-order chi connectivity index (χ1) is 18.7. The SMILES string of the molecule is CC(C)(C)OC(=O)NC[C@H]1OB2OCCOc3ccc(Cl)c1c32.Cl.Cl.NC[C@H]1OB2OCCOc3ccc(Cl)c1c32. The molecule has 0 unspecified atom stereocenters. The van der Waals surface area contributed by atoms with Crippen molar-refractivity contribution < 1.29 is 37.6 Å². The van der Waals surface area contributed by atoms with Gasteiger partial charge in [0.05, 0.1) is 25.4 Å². The Labute approximate surface area is 262 Å². The molecule has 2 atom stereocenters. The molecule has 0 spiro atoms. The van der Waals surface area contributed by atoms with Gasteiger partial charge in [-0.15, -0.1) is 24.8 Å². The fourth-order valence-corrected chi connectivity index (χ4v) is 5.39. The molecule has 41 heavy (non-hydrogen) atoms. The Morgan fingerprint density at radius 2 is 1.39 bits per heavy atom. The summed E-state index contributed by atoms with van der Waals surface area (Å²) in [6.45, 7) is 7.99. The first-order valence-corrected chi connectivity index (χ1v) is 13.5. The summed E-state index contributed by atoms with van der Waals surface area (Å²) in [5.41, 5.74) is 8.54. The predicted octanol–water partition coefficient (Wildman–Crippen LogP) is 3.36. The van der Waals surface area contributed by atoms with Gasteiger partial charge in [0, 0.05) is 45.2 Å². The van der Waals surface area contributed by atoms with Gasteiger partial charge < -0.3 is 43.9 Å². The van der Waals surface area contributed by atoms with Crippen molar-refractivity contribution in [2.24, 2.45) is 5.73 Å². The van der Waals surface area contributed by atoms with Crippen molar-refractivity contribution in [2.45, 2.75) is 38.6 Å². The predicted molar refractivity (Wildman–Crippen MR) is 162 cm³/mol. The van der Waals surface area contributed by atoms with Crippen molar-refractivity contribution in [3.8, 4) is 11.5 Å². The van der Waals surface area contributed by atoms with Gasteiger partial charge in [0.25, 0.3) is 0 Å². The normalized spacial score (nSPS) is 19.9. The van der Waals surface area contributed by atoms with Crippen LogP contribution in [0.4, 0.5) is 4.79 Å². The molecule has 0 aromatic heterocycles. The van der Waals surface area contributed by atoms with Crippen LogP contribution in [0.25, 0.3) is 0 Å². The number of nitrogens with two attached hydrogens (primary N) is 1. The van der Waals surface area contributed by atoms with Crippen LogP contribution >= 0.6 is 48.0 Å². The molecule has 0 radical (unpaired) electrons. The summed E-state index contributed by atoms with van der Waals surface area (Å²) in [7, 11) is -0.911. The van der Waals surface area contributed by atoms with Gasteiger partial charge in [0.1, 0.15) is 30.3 Å². The second kappa shape index (κ2) is 14.2. The minimum Gasteiger partial charge on any atom is -0.492 e. The van der Waals surface area contributed by atoms with Gasteiger partial charge >= 0.3 is 20.3 Å². The molecule has 0 bridgehead atoms. The lowest BCUT2D eigenvalue weighted by Crippen LogP contribution is -2.35. The number of hydrogen-bond donors (Lipinski definition) is 2. The number of benzene rings is 2. The third-order valence-electron chi connectivity index (χ3n) is 6.34. The summed E-state index contributed by atoms with van der Waals surface area (Å²) in [6, 6.07) is 7.25. The molecule has 3 N–H and O–H groups in total. The number of nitrogens with one attached hydrogen (secondary N) is 1. The van der Waals surface area contributed by atoms with Crippen LogP contribution in [0.5, 0.6) is 11.5 Å². The molecule has 1 amide bonds. The maximum Gasteiger partial charge on any atom is 0.498 e. The van der Waals surface area contributed by atoms with Crippen molar-refractivity contribution in [2.75, 3.05) is 39.5 Å². The van der Waals surface area contributed by atoms with Gasteiger partial charge in [0.2, 0.25) is 0 Å². The van der Waals surface area contributed by atoms with E-state index in [1.54, 1.807) is 6.07 Å². The summed E-state index contributed by atoms with van der Waals surface area (Å²) < 4.78 is 39.3. The monoisotopic (exact) mass is 650 g/mol. The number of carbonyl (C=O) groups excluding carboxylic acids is 1. The molecule has 2 aromatic rings. The quantitative estimate of drug-likeness (QED) is 0.482. The van der Waals surface area contributed by atoms with Gasteiger partial charge in [-0.2, -0.15) is 0 Å². The molecule has 224 valence electrons. The summed E-state index contributed by atoms with van der Waals surface area (Å²) in [5.74, 6) is 1.50. The first kappa shape index (κ1) is 33.9. The molecule has 4 aliphatic heterocycles. The fourth-order valence-electron chi connectivity index (χ4n) is 4.82. The molecule has 16 heteroatoms. The topological polar surface area (TPSA) is 120 Å². The number of hydrogen-bond acceptors (Lipinski definition) is 9. The standard InChI is InChI=1S/C15H19BClNO5.C10H11BClNO3.2ClH/c1-15(2,3)22-14(19)18-8-11-12-9(17)4-5-10-13(12)16(23-11)21-7-6-20-10;12-6-1-2-7-10-9(6)8(5-13)16-11(10)15-4-3-14-7;;/h4-5,11H,6-8H2,1-3H3,(H,18,19);1-2,8H,3-5,13H2;2*1H/t11-;8-;;/m11../s1. The van der Waals surface area contributed by atoms with E-state index in [9.17, 15) is 4.79 Å². The summed E-state index contributed by atoms with van der Waals surface area (Å²) in [4.78, 5) is 11.8. The Bertz CT molecular complexity index is 1240. The van der Waals surface area contributed by atoms with Gasteiger partial charge in [-0.25, -0.2) is 4.79 Å². The van der Waals surface area contributed by atoms with E-state index in [4.69, 9.17) is 61.8 Å². The van der Waals surface area contributed by atoms with E-state index in [2.05, 4.69) is 5.32 Å². The number of amides is 1. The number of ether oxygens (including phenoxy) is 3. The molecule has 4 heterocycles. The molecule has 4 aliphatic rings. The minimum absolute atomic E-state index is 0. The smallest absolute Gasteiger partial charge is 0.492 e. The number of halogens is 4. The summed E-state index contributed by atoms with van der Waals surface area (Å²) >= 11 is 12.5. The lowest BCUT2D eigenvalue weighted by Gasteiger charge is -2.21. The van der Waals surface area contributed by atoms with Crippen LogP contribution < -0.4 is 31.4 Å². The van der Waals surface area contributed by atoms with Crippen LogP contribution in [0, 0.1) is 0 Å². The Morgan fingerprint density at radius 3 is 1.88 bits per heavy atom. The van der Waals surface area contributed by atoms with Crippen LogP contribution in [-0.2, 0) is 23.4 Å². The van der Waals surface area contributed by atoms with Crippen molar-refractivity contribution in [3.05, 3.63) is 45.4 Å². The molecule has 0 saturated heterocycles. The second-order valence-electron chi connectivity index (χ2n) is 10.2. The van der Waals surface area contributed by atoms with E-state index in [0.717, 1.165) is 27.8 Å². The van der Waals surface area contributed by atoms with E-state index >= 15 is 0 Å². The fraction of sp³-hybridized carbons (Fsp3) is 0.480. The number of carbonyl (C=O) groups is 1. The highest BCUT2D eigenvalue weighted by Crippen LogP contribution is 2.36. The van der Waals surface area contributed by atoms with E-state index in [-0.39, 0.29) is 44.6 Å². The van der Waals surface area contributed by atoms with Gasteiger partial charge in [-0.1, -0.05) is 23.2 Å². The van der Waals surface area contributed by atoms with Crippen molar-refractivity contribution >= 4 is 79.3 Å². The zero-order chi connectivity index (χ0) is 27.7. The molecular formula is C25H32B2Cl4N2O8. The van der Waals surface area contributed by atoms with Crippen LogP contribution in [0.2, 0.25) is 10.0 Å².